The molecule has 0 atom stereocenters. The van der Waals surface area contributed by atoms with E-state index in [2.05, 4.69) is 31.2 Å². The lowest BCUT2D eigenvalue weighted by Gasteiger charge is -2.00. The molecule has 0 saturated carbocycles. The molecule has 8 heteroatoms. The van der Waals surface area contributed by atoms with Crippen LogP contribution in [0.3, 0.4) is 0 Å². The highest BCUT2D eigenvalue weighted by molar-refractivity contribution is 9.10. The van der Waals surface area contributed by atoms with Gasteiger partial charge in [-0.05, 0) is 39.1 Å². The Morgan fingerprint density at radius 2 is 2.17 bits per heavy atom. The van der Waals surface area contributed by atoms with E-state index in [-0.39, 0.29) is 11.5 Å². The summed E-state index contributed by atoms with van der Waals surface area (Å²) in [7, 11) is 0. The molecule has 1 amide bonds. The molecule has 2 N–H and O–H groups in total. The third-order valence-corrected chi connectivity index (χ3v) is 2.55. The van der Waals surface area contributed by atoms with E-state index in [1.807, 2.05) is 0 Å². The van der Waals surface area contributed by atoms with Crippen molar-refractivity contribution in [2.75, 3.05) is 5.32 Å². The SMILES string of the molecule is O=C(Nc1ccc(Br)cn1)c1ccc([N+](=O)[O-])[nH]1. The van der Waals surface area contributed by atoms with E-state index in [0.717, 1.165) is 4.47 Å². The summed E-state index contributed by atoms with van der Waals surface area (Å²) < 4.78 is 0.788. The van der Waals surface area contributed by atoms with E-state index in [0.29, 0.717) is 5.82 Å². The lowest BCUT2D eigenvalue weighted by molar-refractivity contribution is -0.389. The maximum absolute atomic E-state index is 11.7. The second kappa shape index (κ2) is 4.96. The van der Waals surface area contributed by atoms with Gasteiger partial charge in [0, 0.05) is 16.7 Å². The molecular formula is C10H7BrN4O3. The Balaban J connectivity index is 2.11. The number of nitrogens with one attached hydrogen (secondary N) is 2. The van der Waals surface area contributed by atoms with Crippen molar-refractivity contribution in [3.63, 3.8) is 0 Å². The summed E-state index contributed by atoms with van der Waals surface area (Å²) in [5.41, 5.74) is 0.103. The first-order valence-corrected chi connectivity index (χ1v) is 5.62. The highest BCUT2D eigenvalue weighted by Crippen LogP contribution is 2.13. The van der Waals surface area contributed by atoms with Gasteiger partial charge >= 0.3 is 5.82 Å². The number of halogens is 1. The minimum Gasteiger partial charge on any atom is -0.358 e. The number of carbonyl (C=O) groups excluding carboxylic acids is 1. The number of carbonyl (C=O) groups is 1. The van der Waals surface area contributed by atoms with E-state index < -0.39 is 10.8 Å². The van der Waals surface area contributed by atoms with Crippen LogP contribution in [0.15, 0.2) is 34.9 Å². The van der Waals surface area contributed by atoms with E-state index in [1.54, 1.807) is 12.1 Å². The van der Waals surface area contributed by atoms with Gasteiger partial charge in [-0.1, -0.05) is 0 Å². The number of nitro groups is 1. The van der Waals surface area contributed by atoms with Crippen LogP contribution in [-0.4, -0.2) is 20.8 Å². The van der Waals surface area contributed by atoms with Crippen molar-refractivity contribution >= 4 is 33.5 Å². The molecule has 0 aliphatic carbocycles. The molecule has 0 aliphatic heterocycles. The van der Waals surface area contributed by atoms with Gasteiger partial charge < -0.3 is 15.4 Å². The first-order chi connectivity index (χ1) is 8.56. The van der Waals surface area contributed by atoms with Gasteiger partial charge in [-0.3, -0.25) is 4.79 Å². The van der Waals surface area contributed by atoms with E-state index in [1.165, 1.54) is 18.3 Å². The lowest BCUT2D eigenvalue weighted by Crippen LogP contribution is -2.13. The normalized spacial score (nSPS) is 10.1. The molecule has 2 aromatic rings. The lowest BCUT2D eigenvalue weighted by atomic mass is 10.4. The summed E-state index contributed by atoms with van der Waals surface area (Å²) in [4.78, 5) is 27.9. The van der Waals surface area contributed by atoms with Crippen LogP contribution in [0, 0.1) is 10.1 Å². The Kier molecular flexibility index (Phi) is 3.38. The summed E-state index contributed by atoms with van der Waals surface area (Å²) in [6.45, 7) is 0. The second-order valence-electron chi connectivity index (χ2n) is 3.33. The average molecular weight is 311 g/mol. The van der Waals surface area contributed by atoms with Crippen molar-refractivity contribution in [1.29, 1.82) is 0 Å². The van der Waals surface area contributed by atoms with E-state index in [4.69, 9.17) is 0 Å². The summed E-state index contributed by atoms with van der Waals surface area (Å²) in [6.07, 6.45) is 1.53. The summed E-state index contributed by atoms with van der Waals surface area (Å²) in [6, 6.07) is 5.90. The molecule has 18 heavy (non-hydrogen) atoms. The van der Waals surface area contributed by atoms with Crippen LogP contribution in [0.2, 0.25) is 0 Å². The zero-order valence-electron chi connectivity index (χ0n) is 8.88. The molecule has 7 nitrogen and oxygen atoms in total. The predicted molar refractivity (Wildman–Crippen MR) is 67.3 cm³/mol. The standard InChI is InChI=1S/C10H7BrN4O3/c11-6-1-3-8(12-5-6)14-10(16)7-2-4-9(13-7)15(17)18/h1-5,13H,(H,12,14,16). The van der Waals surface area contributed by atoms with Gasteiger partial charge in [0.05, 0.1) is 0 Å². The second-order valence-corrected chi connectivity index (χ2v) is 4.25. The molecule has 0 saturated heterocycles. The van der Waals surface area contributed by atoms with Crippen LogP contribution < -0.4 is 5.32 Å². The first kappa shape index (κ1) is 12.2. The van der Waals surface area contributed by atoms with Gasteiger partial charge in [0.2, 0.25) is 0 Å². The van der Waals surface area contributed by atoms with Gasteiger partial charge in [0.15, 0.2) is 5.69 Å². The van der Waals surface area contributed by atoms with E-state index in [9.17, 15) is 14.9 Å². The van der Waals surface area contributed by atoms with Crippen LogP contribution in [0.1, 0.15) is 10.5 Å². The molecule has 0 fully saturated rings. The molecule has 2 rings (SSSR count). The van der Waals surface area contributed by atoms with Crippen LogP contribution >= 0.6 is 15.9 Å². The summed E-state index contributed by atoms with van der Waals surface area (Å²) >= 11 is 3.22. The van der Waals surface area contributed by atoms with Crippen molar-refractivity contribution in [2.24, 2.45) is 0 Å². The molecule has 2 heterocycles. The number of anilines is 1. The third-order valence-electron chi connectivity index (χ3n) is 2.08. The van der Waals surface area contributed by atoms with Gasteiger partial charge in [0.1, 0.15) is 5.82 Å². The zero-order chi connectivity index (χ0) is 13.1. The van der Waals surface area contributed by atoms with Crippen LogP contribution in [-0.2, 0) is 0 Å². The summed E-state index contributed by atoms with van der Waals surface area (Å²) in [5, 5.41) is 13.0. The van der Waals surface area contributed by atoms with Gasteiger partial charge in [-0.2, -0.15) is 0 Å². The topological polar surface area (TPSA) is 101 Å². The molecular weight excluding hydrogens is 304 g/mol. The van der Waals surface area contributed by atoms with Gasteiger partial charge in [0.25, 0.3) is 5.91 Å². The molecule has 0 radical (unpaired) electrons. The van der Waals surface area contributed by atoms with Crippen LogP contribution in [0.25, 0.3) is 0 Å². The number of aromatic nitrogens is 2. The fourth-order valence-electron chi connectivity index (χ4n) is 1.26. The Labute approximate surface area is 110 Å². The van der Waals surface area contributed by atoms with Crippen molar-refractivity contribution < 1.29 is 9.72 Å². The average Bonchev–Trinajstić information content (AvgIpc) is 2.81. The highest BCUT2D eigenvalue weighted by atomic mass is 79.9. The molecule has 0 aliphatic rings. The zero-order valence-corrected chi connectivity index (χ0v) is 10.5. The van der Waals surface area contributed by atoms with E-state index >= 15 is 0 Å². The van der Waals surface area contributed by atoms with Crippen molar-refractivity contribution in [1.82, 2.24) is 9.97 Å². The first-order valence-electron chi connectivity index (χ1n) is 4.82. The number of nitrogens with zero attached hydrogens (tertiary/aromatic N) is 2. The largest absolute Gasteiger partial charge is 0.358 e. The van der Waals surface area contributed by atoms with Crippen molar-refractivity contribution in [3.05, 3.63) is 50.7 Å². The number of rotatable bonds is 3. The highest BCUT2D eigenvalue weighted by Gasteiger charge is 2.15. The quantitative estimate of drug-likeness (QED) is 0.671. The minimum atomic E-state index is -0.603. The Bertz CT molecular complexity index is 593. The third kappa shape index (κ3) is 2.72. The predicted octanol–water partition coefficient (Wildman–Crippen LogP) is 2.33. The number of pyridine rings is 1. The Morgan fingerprint density at radius 3 is 2.72 bits per heavy atom. The minimum absolute atomic E-state index is 0.103. The van der Waals surface area contributed by atoms with Crippen LogP contribution in [0.5, 0.6) is 0 Å². The number of H-pyrrole nitrogens is 1. The fourth-order valence-corrected chi connectivity index (χ4v) is 1.49. The maximum Gasteiger partial charge on any atom is 0.321 e. The molecule has 0 aromatic carbocycles. The van der Waals surface area contributed by atoms with Crippen molar-refractivity contribution in [3.8, 4) is 0 Å². The smallest absolute Gasteiger partial charge is 0.321 e. The Morgan fingerprint density at radius 1 is 1.39 bits per heavy atom. The number of amides is 1. The molecule has 92 valence electrons. The summed E-state index contributed by atoms with van der Waals surface area (Å²) in [5.74, 6) is -0.359. The van der Waals surface area contributed by atoms with Gasteiger partial charge in [-0.15, -0.1) is 0 Å². The fraction of sp³-hybridized carbons (Fsp3) is 0. The maximum atomic E-state index is 11.7. The molecule has 2 aromatic heterocycles. The van der Waals surface area contributed by atoms with Gasteiger partial charge in [-0.25, -0.2) is 9.97 Å². The number of hydrogen-bond donors (Lipinski definition) is 2. The molecule has 0 unspecified atom stereocenters. The number of hydrogen-bond acceptors (Lipinski definition) is 4. The molecule has 0 bridgehead atoms. The van der Waals surface area contributed by atoms with Crippen molar-refractivity contribution in [2.45, 2.75) is 0 Å². The molecule has 0 spiro atoms. The number of aromatic amines is 1. The van der Waals surface area contributed by atoms with Crippen LogP contribution in [0.4, 0.5) is 11.6 Å². The Hall–Kier alpha value is -2.22. The monoisotopic (exact) mass is 310 g/mol.